The van der Waals surface area contributed by atoms with Crippen molar-refractivity contribution in [3.63, 3.8) is 0 Å². The standard InChI is InChI=1S/C11H17BrO/c12-10-1-2-11(13)6-8(4-10)3-9(5-10)7-11/h8-9,13H,1-7H2/t8-,9+,10?,11?. The van der Waals surface area contributed by atoms with Crippen molar-refractivity contribution in [3.8, 4) is 0 Å². The van der Waals surface area contributed by atoms with Gasteiger partial charge < -0.3 is 5.11 Å². The van der Waals surface area contributed by atoms with Crippen LogP contribution in [0.1, 0.15) is 44.9 Å². The van der Waals surface area contributed by atoms with Crippen LogP contribution < -0.4 is 0 Å². The number of aliphatic hydroxyl groups is 1. The summed E-state index contributed by atoms with van der Waals surface area (Å²) in [6.07, 6.45) is 8.39. The van der Waals surface area contributed by atoms with Gasteiger partial charge in [-0.3, -0.25) is 0 Å². The summed E-state index contributed by atoms with van der Waals surface area (Å²) in [6.45, 7) is 0. The van der Waals surface area contributed by atoms with Gasteiger partial charge >= 0.3 is 0 Å². The Hall–Kier alpha value is 0.440. The highest BCUT2D eigenvalue weighted by Crippen LogP contribution is 2.57. The van der Waals surface area contributed by atoms with Gasteiger partial charge in [-0.15, -0.1) is 0 Å². The first kappa shape index (κ1) is 8.72. The molecule has 2 unspecified atom stereocenters. The normalized spacial score (nSPS) is 59.5. The molecule has 4 rings (SSSR count). The molecule has 0 heterocycles. The molecule has 0 aromatic rings. The van der Waals surface area contributed by atoms with Crippen LogP contribution in [0.3, 0.4) is 0 Å². The summed E-state index contributed by atoms with van der Waals surface area (Å²) in [5.41, 5.74) is -0.278. The molecular formula is C11H17BrO. The van der Waals surface area contributed by atoms with E-state index < -0.39 is 0 Å². The lowest BCUT2D eigenvalue weighted by Gasteiger charge is -2.44. The summed E-state index contributed by atoms with van der Waals surface area (Å²) in [7, 11) is 0. The van der Waals surface area contributed by atoms with Crippen molar-refractivity contribution in [2.75, 3.05) is 0 Å². The molecule has 1 N–H and O–H groups in total. The van der Waals surface area contributed by atoms with E-state index >= 15 is 0 Å². The van der Waals surface area contributed by atoms with E-state index in [2.05, 4.69) is 15.9 Å². The largest absolute Gasteiger partial charge is 0.390 e. The van der Waals surface area contributed by atoms with Crippen molar-refractivity contribution in [2.45, 2.75) is 54.9 Å². The van der Waals surface area contributed by atoms with E-state index in [4.69, 9.17) is 0 Å². The van der Waals surface area contributed by atoms with E-state index in [1.807, 2.05) is 0 Å². The van der Waals surface area contributed by atoms with Gasteiger partial charge in [-0.2, -0.15) is 0 Å². The predicted molar refractivity (Wildman–Crippen MR) is 55.9 cm³/mol. The summed E-state index contributed by atoms with van der Waals surface area (Å²) in [5.74, 6) is 1.61. The molecule has 4 atom stereocenters. The zero-order valence-electron chi connectivity index (χ0n) is 7.93. The highest BCUT2D eigenvalue weighted by molar-refractivity contribution is 9.10. The van der Waals surface area contributed by atoms with Crippen molar-refractivity contribution in [1.29, 1.82) is 0 Å². The Kier molecular flexibility index (Phi) is 1.69. The average Bonchev–Trinajstić information content (AvgIpc) is 2.11. The second-order valence-corrected chi connectivity index (χ2v) is 7.34. The Bertz CT molecular complexity index is 202. The van der Waals surface area contributed by atoms with Crippen molar-refractivity contribution in [3.05, 3.63) is 0 Å². The molecule has 0 saturated heterocycles. The molecule has 0 radical (unpaired) electrons. The molecule has 0 spiro atoms. The second kappa shape index (κ2) is 2.52. The first-order valence-electron chi connectivity index (χ1n) is 5.48. The van der Waals surface area contributed by atoms with Crippen LogP contribution in [0.4, 0.5) is 0 Å². The predicted octanol–water partition coefficient (Wildman–Crippen LogP) is 2.86. The quantitative estimate of drug-likeness (QED) is 0.650. The maximum absolute atomic E-state index is 10.4. The van der Waals surface area contributed by atoms with Crippen LogP contribution in [-0.4, -0.2) is 15.0 Å². The van der Waals surface area contributed by atoms with Crippen LogP contribution >= 0.6 is 15.9 Å². The molecule has 4 aliphatic carbocycles. The molecule has 1 nitrogen and oxygen atoms in total. The minimum atomic E-state index is -0.278. The van der Waals surface area contributed by atoms with Crippen molar-refractivity contribution < 1.29 is 5.11 Å². The molecule has 2 heteroatoms. The summed E-state index contributed by atoms with van der Waals surface area (Å²) >= 11 is 3.92. The number of hydrogen-bond donors (Lipinski definition) is 1. The molecule has 4 aliphatic rings. The lowest BCUT2D eigenvalue weighted by molar-refractivity contribution is -0.0400. The first-order valence-corrected chi connectivity index (χ1v) is 6.28. The first-order chi connectivity index (χ1) is 6.07. The van der Waals surface area contributed by atoms with Gasteiger partial charge in [-0.1, -0.05) is 15.9 Å². The summed E-state index contributed by atoms with van der Waals surface area (Å²) in [6, 6.07) is 0. The van der Waals surface area contributed by atoms with Gasteiger partial charge in [0.1, 0.15) is 0 Å². The third-order valence-corrected chi connectivity index (χ3v) is 5.40. The fraction of sp³-hybridized carbons (Fsp3) is 1.00. The zero-order chi connectivity index (χ0) is 9.10. The smallest absolute Gasteiger partial charge is 0.0653 e. The van der Waals surface area contributed by atoms with Gasteiger partial charge in [0.05, 0.1) is 5.60 Å². The Morgan fingerprint density at radius 2 is 1.62 bits per heavy atom. The van der Waals surface area contributed by atoms with Crippen LogP contribution in [0.25, 0.3) is 0 Å². The van der Waals surface area contributed by atoms with E-state index in [0.717, 1.165) is 31.1 Å². The van der Waals surface area contributed by atoms with E-state index in [0.29, 0.717) is 4.32 Å². The molecule has 4 fully saturated rings. The molecule has 0 amide bonds. The summed E-state index contributed by atoms with van der Waals surface area (Å²) in [5, 5.41) is 10.4. The number of fused-ring (bicyclic) bond motifs is 1. The summed E-state index contributed by atoms with van der Waals surface area (Å²) < 4.78 is 0.404. The number of hydrogen-bond acceptors (Lipinski definition) is 1. The molecule has 0 aliphatic heterocycles. The van der Waals surface area contributed by atoms with Crippen molar-refractivity contribution in [1.82, 2.24) is 0 Å². The molecule has 13 heavy (non-hydrogen) atoms. The van der Waals surface area contributed by atoms with E-state index in [-0.39, 0.29) is 5.60 Å². The molecular weight excluding hydrogens is 228 g/mol. The maximum atomic E-state index is 10.4. The Labute approximate surface area is 88.0 Å². The van der Waals surface area contributed by atoms with E-state index in [1.165, 1.54) is 25.7 Å². The van der Waals surface area contributed by atoms with Crippen molar-refractivity contribution >= 4 is 15.9 Å². The minimum Gasteiger partial charge on any atom is -0.390 e. The Morgan fingerprint density at radius 3 is 2.23 bits per heavy atom. The molecule has 0 aromatic carbocycles. The third kappa shape index (κ3) is 1.37. The Balaban J connectivity index is 1.98. The maximum Gasteiger partial charge on any atom is 0.0653 e. The fourth-order valence-corrected chi connectivity index (χ4v) is 5.20. The SMILES string of the molecule is OC12CCC3(Br)C[C@H](C[C@@H](C1)C3)C2. The Morgan fingerprint density at radius 1 is 1.00 bits per heavy atom. The third-order valence-electron chi connectivity index (χ3n) is 4.35. The highest BCUT2D eigenvalue weighted by Gasteiger charge is 2.51. The molecule has 74 valence electrons. The van der Waals surface area contributed by atoms with Crippen LogP contribution in [0.15, 0.2) is 0 Å². The lowest BCUT2D eigenvalue weighted by atomic mass is 9.66. The van der Waals surface area contributed by atoms with Gasteiger partial charge in [0.2, 0.25) is 0 Å². The lowest BCUT2D eigenvalue weighted by Crippen LogP contribution is -2.41. The highest BCUT2D eigenvalue weighted by atomic mass is 79.9. The van der Waals surface area contributed by atoms with Gasteiger partial charge in [0.15, 0.2) is 0 Å². The van der Waals surface area contributed by atoms with Crippen LogP contribution in [-0.2, 0) is 0 Å². The van der Waals surface area contributed by atoms with Gasteiger partial charge in [-0.25, -0.2) is 0 Å². The molecule has 0 aromatic heterocycles. The number of halogens is 1. The topological polar surface area (TPSA) is 20.2 Å². The van der Waals surface area contributed by atoms with Gasteiger partial charge in [-0.05, 0) is 56.8 Å². The van der Waals surface area contributed by atoms with Crippen molar-refractivity contribution in [2.24, 2.45) is 11.8 Å². The number of rotatable bonds is 0. The monoisotopic (exact) mass is 244 g/mol. The van der Waals surface area contributed by atoms with Crippen LogP contribution in [0.5, 0.6) is 0 Å². The van der Waals surface area contributed by atoms with Crippen LogP contribution in [0.2, 0.25) is 0 Å². The minimum absolute atomic E-state index is 0.278. The second-order valence-electron chi connectivity index (χ2n) is 5.66. The summed E-state index contributed by atoms with van der Waals surface area (Å²) in [4.78, 5) is 0. The van der Waals surface area contributed by atoms with Crippen LogP contribution in [0, 0.1) is 11.8 Å². The molecule has 4 bridgehead atoms. The van der Waals surface area contributed by atoms with Gasteiger partial charge in [0, 0.05) is 4.32 Å². The molecule has 4 saturated carbocycles. The zero-order valence-corrected chi connectivity index (χ0v) is 9.52. The fourth-order valence-electron chi connectivity index (χ4n) is 4.09. The van der Waals surface area contributed by atoms with Gasteiger partial charge in [0.25, 0.3) is 0 Å². The van der Waals surface area contributed by atoms with E-state index in [1.54, 1.807) is 0 Å². The van der Waals surface area contributed by atoms with E-state index in [9.17, 15) is 5.11 Å². The average molecular weight is 245 g/mol. The number of alkyl halides is 1.